The Balaban J connectivity index is 3.00. The molecule has 3 heteroatoms. The van der Waals surface area contributed by atoms with E-state index >= 15 is 0 Å². The molecule has 0 aromatic carbocycles. The zero-order valence-corrected chi connectivity index (χ0v) is 12.0. The standard InChI is InChI=1S/C16H24O3/c1-4-5-8-16(9-6-11-17)10-7-13(2)14(12-16)15(18)19-3/h4,11-13H,1,5-10H2,2-3H3/t13-,16-/m1/s1. The van der Waals surface area contributed by atoms with Gasteiger partial charge in [0.25, 0.3) is 0 Å². The molecule has 0 N–H and O–H groups in total. The van der Waals surface area contributed by atoms with Gasteiger partial charge in [0.05, 0.1) is 7.11 Å². The average molecular weight is 264 g/mol. The number of carbonyl (C=O) groups is 2. The summed E-state index contributed by atoms with van der Waals surface area (Å²) in [7, 11) is 1.42. The van der Waals surface area contributed by atoms with E-state index in [1.807, 2.05) is 6.08 Å². The van der Waals surface area contributed by atoms with Gasteiger partial charge >= 0.3 is 5.97 Å². The van der Waals surface area contributed by atoms with Crippen molar-refractivity contribution in [2.75, 3.05) is 7.11 Å². The number of carbonyl (C=O) groups excluding carboxylic acids is 2. The molecule has 0 fully saturated rings. The Hall–Kier alpha value is -1.38. The highest BCUT2D eigenvalue weighted by atomic mass is 16.5. The summed E-state index contributed by atoms with van der Waals surface area (Å²) in [5.74, 6) is 0.00168. The molecule has 0 aromatic heterocycles. The number of esters is 1. The molecule has 0 amide bonds. The molecule has 0 saturated heterocycles. The second-order valence-corrected chi connectivity index (χ2v) is 5.43. The molecule has 0 heterocycles. The molecule has 106 valence electrons. The predicted octanol–water partition coefficient (Wildman–Crippen LogP) is 3.45. The van der Waals surface area contributed by atoms with Crippen molar-refractivity contribution in [1.29, 1.82) is 0 Å². The highest BCUT2D eigenvalue weighted by Gasteiger charge is 2.34. The number of aldehydes is 1. The van der Waals surface area contributed by atoms with Crippen LogP contribution in [-0.2, 0) is 14.3 Å². The van der Waals surface area contributed by atoms with Crippen molar-refractivity contribution in [3.05, 3.63) is 24.3 Å². The fraction of sp³-hybridized carbons (Fsp3) is 0.625. The summed E-state index contributed by atoms with van der Waals surface area (Å²) in [4.78, 5) is 22.5. The summed E-state index contributed by atoms with van der Waals surface area (Å²) in [6.45, 7) is 5.82. The van der Waals surface area contributed by atoms with E-state index in [4.69, 9.17) is 4.74 Å². The molecule has 2 atom stereocenters. The molecule has 0 aliphatic heterocycles. The van der Waals surface area contributed by atoms with Gasteiger partial charge in [-0.05, 0) is 43.4 Å². The zero-order chi connectivity index (χ0) is 14.3. The minimum atomic E-state index is -0.235. The van der Waals surface area contributed by atoms with Crippen molar-refractivity contribution in [3.63, 3.8) is 0 Å². The van der Waals surface area contributed by atoms with Gasteiger partial charge in [-0.25, -0.2) is 4.79 Å². The summed E-state index contributed by atoms with van der Waals surface area (Å²) in [5, 5.41) is 0. The molecule has 0 unspecified atom stereocenters. The Morgan fingerprint density at radius 3 is 2.79 bits per heavy atom. The van der Waals surface area contributed by atoms with E-state index in [0.717, 1.165) is 44.0 Å². The van der Waals surface area contributed by atoms with Crippen LogP contribution in [0.2, 0.25) is 0 Å². The topological polar surface area (TPSA) is 43.4 Å². The van der Waals surface area contributed by atoms with Gasteiger partial charge in [-0.3, -0.25) is 0 Å². The quantitative estimate of drug-likeness (QED) is 0.402. The SMILES string of the molecule is C=CCC[C@]1(CCC=O)C=C(C(=O)OC)[C@H](C)CC1. The van der Waals surface area contributed by atoms with Crippen LogP contribution in [-0.4, -0.2) is 19.4 Å². The molecule has 0 saturated carbocycles. The summed E-state index contributed by atoms with van der Waals surface area (Å²) in [6, 6.07) is 0. The Kier molecular flexibility index (Phi) is 6.00. The van der Waals surface area contributed by atoms with Gasteiger partial charge in [-0.1, -0.05) is 19.1 Å². The molecule has 0 bridgehead atoms. The van der Waals surface area contributed by atoms with E-state index in [1.165, 1.54) is 7.11 Å². The van der Waals surface area contributed by atoms with Gasteiger partial charge in [-0.15, -0.1) is 6.58 Å². The van der Waals surface area contributed by atoms with Gasteiger partial charge in [0.2, 0.25) is 0 Å². The third-order valence-electron chi connectivity index (χ3n) is 4.10. The van der Waals surface area contributed by atoms with Gasteiger partial charge in [0.1, 0.15) is 6.29 Å². The van der Waals surface area contributed by atoms with Crippen LogP contribution in [0, 0.1) is 11.3 Å². The molecule has 1 rings (SSSR count). The molecule has 0 aromatic rings. The highest BCUT2D eigenvalue weighted by molar-refractivity contribution is 5.89. The lowest BCUT2D eigenvalue weighted by Gasteiger charge is -2.37. The average Bonchev–Trinajstić information content (AvgIpc) is 2.44. The van der Waals surface area contributed by atoms with Gasteiger partial charge in [0, 0.05) is 12.0 Å². The Morgan fingerprint density at radius 2 is 2.21 bits per heavy atom. The Morgan fingerprint density at radius 1 is 1.53 bits per heavy atom. The smallest absolute Gasteiger partial charge is 0.333 e. The predicted molar refractivity (Wildman–Crippen MR) is 75.7 cm³/mol. The molecule has 3 nitrogen and oxygen atoms in total. The molecular weight excluding hydrogens is 240 g/mol. The normalized spacial score (nSPS) is 26.4. The van der Waals surface area contributed by atoms with Gasteiger partial charge in [-0.2, -0.15) is 0 Å². The van der Waals surface area contributed by atoms with Crippen molar-refractivity contribution >= 4 is 12.3 Å². The zero-order valence-electron chi connectivity index (χ0n) is 12.0. The number of allylic oxidation sites excluding steroid dienone is 2. The van der Waals surface area contributed by atoms with Gasteiger partial charge in [0.15, 0.2) is 0 Å². The van der Waals surface area contributed by atoms with Crippen LogP contribution in [0.25, 0.3) is 0 Å². The monoisotopic (exact) mass is 264 g/mol. The maximum Gasteiger partial charge on any atom is 0.333 e. The number of hydrogen-bond acceptors (Lipinski definition) is 3. The largest absolute Gasteiger partial charge is 0.466 e. The summed E-state index contributed by atoms with van der Waals surface area (Å²) in [5.41, 5.74) is 0.717. The Labute approximate surface area is 115 Å². The molecular formula is C16H24O3. The highest BCUT2D eigenvalue weighted by Crippen LogP contribution is 2.44. The first-order valence-electron chi connectivity index (χ1n) is 6.94. The van der Waals surface area contributed by atoms with Crippen LogP contribution in [0.15, 0.2) is 24.3 Å². The van der Waals surface area contributed by atoms with Crippen molar-refractivity contribution in [3.8, 4) is 0 Å². The number of ether oxygens (including phenoxy) is 1. The van der Waals surface area contributed by atoms with E-state index in [-0.39, 0.29) is 17.3 Å². The first-order chi connectivity index (χ1) is 9.08. The molecule has 1 aliphatic rings. The summed E-state index contributed by atoms with van der Waals surface area (Å²) < 4.78 is 4.87. The number of methoxy groups -OCH3 is 1. The lowest BCUT2D eigenvalue weighted by molar-refractivity contribution is -0.137. The van der Waals surface area contributed by atoms with E-state index in [0.29, 0.717) is 6.42 Å². The van der Waals surface area contributed by atoms with Crippen LogP contribution in [0.5, 0.6) is 0 Å². The molecule has 0 radical (unpaired) electrons. The van der Waals surface area contributed by atoms with Crippen LogP contribution < -0.4 is 0 Å². The summed E-state index contributed by atoms with van der Waals surface area (Å²) in [6.07, 6.45) is 10.1. The minimum absolute atomic E-state index is 0.0505. The van der Waals surface area contributed by atoms with Crippen molar-refractivity contribution < 1.29 is 14.3 Å². The second kappa shape index (κ2) is 7.27. The lowest BCUT2D eigenvalue weighted by atomic mass is 9.68. The van der Waals surface area contributed by atoms with Crippen LogP contribution in [0.1, 0.15) is 45.4 Å². The van der Waals surface area contributed by atoms with Gasteiger partial charge < -0.3 is 9.53 Å². The van der Waals surface area contributed by atoms with E-state index in [9.17, 15) is 9.59 Å². The van der Waals surface area contributed by atoms with Crippen LogP contribution in [0.4, 0.5) is 0 Å². The maximum absolute atomic E-state index is 11.8. The fourth-order valence-electron chi connectivity index (χ4n) is 2.84. The molecule has 0 spiro atoms. The van der Waals surface area contributed by atoms with Crippen molar-refractivity contribution in [1.82, 2.24) is 0 Å². The Bertz CT molecular complexity index is 356. The second-order valence-electron chi connectivity index (χ2n) is 5.43. The van der Waals surface area contributed by atoms with E-state index in [2.05, 4.69) is 19.6 Å². The lowest BCUT2D eigenvalue weighted by Crippen LogP contribution is -2.28. The fourth-order valence-corrected chi connectivity index (χ4v) is 2.84. The summed E-state index contributed by atoms with van der Waals surface area (Å²) >= 11 is 0. The van der Waals surface area contributed by atoms with Crippen molar-refractivity contribution in [2.45, 2.75) is 45.4 Å². The number of rotatable bonds is 7. The maximum atomic E-state index is 11.8. The molecule has 1 aliphatic carbocycles. The third-order valence-corrected chi connectivity index (χ3v) is 4.10. The van der Waals surface area contributed by atoms with E-state index < -0.39 is 0 Å². The third kappa shape index (κ3) is 4.05. The molecule has 19 heavy (non-hydrogen) atoms. The van der Waals surface area contributed by atoms with E-state index in [1.54, 1.807) is 0 Å². The first-order valence-corrected chi connectivity index (χ1v) is 6.94. The van der Waals surface area contributed by atoms with Crippen LogP contribution >= 0.6 is 0 Å². The number of hydrogen-bond donors (Lipinski definition) is 0. The van der Waals surface area contributed by atoms with Crippen LogP contribution in [0.3, 0.4) is 0 Å². The first kappa shape index (κ1) is 15.7. The van der Waals surface area contributed by atoms with Crippen molar-refractivity contribution in [2.24, 2.45) is 11.3 Å². The minimum Gasteiger partial charge on any atom is -0.466 e.